The molecule has 0 fully saturated rings. The highest BCUT2D eigenvalue weighted by Gasteiger charge is 2.35. The van der Waals surface area contributed by atoms with Gasteiger partial charge in [-0.05, 0) is 61.4 Å². The fourth-order valence-electron chi connectivity index (χ4n) is 3.94. The van der Waals surface area contributed by atoms with Crippen LogP contribution in [-0.2, 0) is 6.42 Å². The van der Waals surface area contributed by atoms with E-state index < -0.39 is 0 Å². The summed E-state index contributed by atoms with van der Waals surface area (Å²) in [5.41, 5.74) is 4.81. The highest BCUT2D eigenvalue weighted by Crippen LogP contribution is 2.37. The van der Waals surface area contributed by atoms with Crippen LogP contribution in [-0.4, -0.2) is 33.9 Å². The Morgan fingerprint density at radius 2 is 1.81 bits per heavy atom. The molecule has 0 aliphatic carbocycles. The van der Waals surface area contributed by atoms with Gasteiger partial charge in [-0.2, -0.15) is 4.98 Å². The molecular weight excluding hydrogens is 420 g/mol. The summed E-state index contributed by atoms with van der Waals surface area (Å²) in [5.74, 6) is 0.962. The first kappa shape index (κ1) is 22.1. The molecule has 0 radical (unpaired) electrons. The lowest BCUT2D eigenvalue weighted by Gasteiger charge is -2.35. The number of carbonyl (C=O) groups excluding carboxylic acids is 1. The van der Waals surface area contributed by atoms with Gasteiger partial charge in [0.2, 0.25) is 5.82 Å². The molecule has 3 aromatic rings. The van der Waals surface area contributed by atoms with Crippen molar-refractivity contribution in [3.63, 3.8) is 0 Å². The Kier molecular flexibility index (Phi) is 6.65. The number of thioether (sulfide) groups is 1. The maximum atomic E-state index is 12.9. The summed E-state index contributed by atoms with van der Waals surface area (Å²) in [6, 6.07) is 15.9. The minimum atomic E-state index is -0.353. The topological polar surface area (TPSA) is 71.3 Å². The number of urea groups is 1. The van der Waals surface area contributed by atoms with E-state index in [1.807, 2.05) is 37.4 Å². The zero-order valence-corrected chi connectivity index (χ0v) is 19.7. The number of carbonyl (C=O) groups is 1. The van der Waals surface area contributed by atoms with Crippen LogP contribution >= 0.6 is 11.8 Å². The molecule has 0 saturated heterocycles. The van der Waals surface area contributed by atoms with E-state index in [0.717, 1.165) is 35.2 Å². The van der Waals surface area contributed by atoms with E-state index in [9.17, 15) is 4.79 Å². The number of hydrogen-bond donors (Lipinski definition) is 1. The maximum absolute atomic E-state index is 12.9. The van der Waals surface area contributed by atoms with E-state index >= 15 is 0 Å². The number of rotatable bonds is 7. The molecule has 6 nitrogen and oxygen atoms in total. The smallest absolute Gasteiger partial charge is 0.322 e. The molecular formula is C25H28N4O2S. The van der Waals surface area contributed by atoms with Crippen LogP contribution in [0.4, 0.5) is 4.79 Å². The van der Waals surface area contributed by atoms with Crippen molar-refractivity contribution in [1.29, 1.82) is 0 Å². The van der Waals surface area contributed by atoms with E-state index in [-0.39, 0.29) is 12.1 Å². The number of aromatic nitrogens is 2. The third-order valence-electron chi connectivity index (χ3n) is 5.77. The lowest BCUT2D eigenvalue weighted by Crippen LogP contribution is -2.46. The van der Waals surface area contributed by atoms with Gasteiger partial charge in [0.1, 0.15) is 0 Å². The number of hydrogen-bond acceptors (Lipinski definition) is 5. The normalized spacial score (nSPS) is 16.4. The Morgan fingerprint density at radius 1 is 1.09 bits per heavy atom. The molecule has 1 aliphatic rings. The highest BCUT2D eigenvalue weighted by atomic mass is 32.2. The molecule has 7 heteroatoms. The van der Waals surface area contributed by atoms with Gasteiger partial charge < -0.3 is 9.84 Å². The fourth-order valence-corrected chi connectivity index (χ4v) is 4.35. The Balaban J connectivity index is 1.77. The number of benzene rings is 2. The summed E-state index contributed by atoms with van der Waals surface area (Å²) in [7, 11) is 0. The predicted molar refractivity (Wildman–Crippen MR) is 128 cm³/mol. The Morgan fingerprint density at radius 3 is 2.44 bits per heavy atom. The van der Waals surface area contributed by atoms with Gasteiger partial charge in [-0.15, -0.1) is 11.8 Å². The van der Waals surface area contributed by atoms with Crippen LogP contribution in [0.3, 0.4) is 0 Å². The molecule has 0 spiro atoms. The second kappa shape index (κ2) is 9.61. The Bertz CT molecular complexity index is 1120. The van der Waals surface area contributed by atoms with E-state index in [1.165, 1.54) is 10.5 Å². The van der Waals surface area contributed by atoms with Gasteiger partial charge in [0, 0.05) is 22.7 Å². The van der Waals surface area contributed by atoms with Crippen LogP contribution < -0.4 is 5.32 Å². The maximum Gasteiger partial charge on any atom is 0.322 e. The van der Waals surface area contributed by atoms with Crippen LogP contribution in [0.25, 0.3) is 17.0 Å². The molecule has 0 bridgehead atoms. The molecule has 1 unspecified atom stereocenters. The summed E-state index contributed by atoms with van der Waals surface area (Å²) in [6.07, 6.45) is 3.86. The minimum absolute atomic E-state index is 0.106. The summed E-state index contributed by atoms with van der Waals surface area (Å²) < 4.78 is 5.74. The van der Waals surface area contributed by atoms with Crippen molar-refractivity contribution in [2.75, 3.05) is 12.8 Å². The number of allylic oxidation sites excluding steroid dienone is 1. The molecule has 1 aromatic heterocycles. The largest absolute Gasteiger partial charge is 0.334 e. The fraction of sp³-hybridized carbons (Fsp3) is 0.320. The number of aryl methyl sites for hydroxylation is 1. The highest BCUT2D eigenvalue weighted by molar-refractivity contribution is 7.98. The van der Waals surface area contributed by atoms with Crippen molar-refractivity contribution in [1.82, 2.24) is 20.4 Å². The molecule has 2 amide bonds. The number of amides is 2. The van der Waals surface area contributed by atoms with Crippen molar-refractivity contribution in [2.24, 2.45) is 0 Å². The van der Waals surface area contributed by atoms with E-state index in [0.29, 0.717) is 18.3 Å². The van der Waals surface area contributed by atoms with Crippen molar-refractivity contribution in [2.45, 2.75) is 44.6 Å². The van der Waals surface area contributed by atoms with Gasteiger partial charge in [0.05, 0.1) is 11.6 Å². The van der Waals surface area contributed by atoms with E-state index in [2.05, 4.69) is 48.6 Å². The first-order valence-electron chi connectivity index (χ1n) is 10.9. The average molecular weight is 449 g/mol. The second-order valence-electron chi connectivity index (χ2n) is 7.78. The van der Waals surface area contributed by atoms with Crippen LogP contribution in [0.15, 0.2) is 63.6 Å². The SMILES string of the molecule is CCCN1C(=O)NC(c2ccc(CC)cc2)C(c2nc(-c3ccc(SC)cc3)no2)=C1C. The van der Waals surface area contributed by atoms with Crippen molar-refractivity contribution >= 4 is 23.4 Å². The molecule has 1 N–H and O–H groups in total. The molecule has 0 saturated carbocycles. The third kappa shape index (κ3) is 4.30. The Labute approximate surface area is 193 Å². The van der Waals surface area contributed by atoms with Gasteiger partial charge in [0.15, 0.2) is 0 Å². The lowest BCUT2D eigenvalue weighted by molar-refractivity contribution is 0.205. The molecule has 2 heterocycles. The van der Waals surface area contributed by atoms with Crippen molar-refractivity contribution in [3.8, 4) is 11.4 Å². The molecule has 1 atom stereocenters. The van der Waals surface area contributed by atoms with E-state index in [1.54, 1.807) is 16.7 Å². The van der Waals surface area contributed by atoms with Gasteiger partial charge >= 0.3 is 6.03 Å². The average Bonchev–Trinajstić information content (AvgIpc) is 3.31. The summed E-state index contributed by atoms with van der Waals surface area (Å²) >= 11 is 1.69. The van der Waals surface area contributed by atoms with Crippen molar-refractivity contribution < 1.29 is 9.32 Å². The van der Waals surface area contributed by atoms with Crippen LogP contribution in [0.5, 0.6) is 0 Å². The molecule has 1 aliphatic heterocycles. The number of nitrogens with one attached hydrogen (secondary N) is 1. The number of nitrogens with zero attached hydrogens (tertiary/aromatic N) is 3. The van der Waals surface area contributed by atoms with Crippen LogP contribution in [0.2, 0.25) is 0 Å². The standard InChI is InChI=1S/C25H28N4O2S/c1-5-15-29-16(3)21(22(26-25(29)30)18-9-7-17(6-2)8-10-18)24-27-23(28-31-24)19-11-13-20(32-4)14-12-19/h7-14,22H,5-6,15H2,1-4H3,(H,26,30). The summed E-state index contributed by atoms with van der Waals surface area (Å²) in [4.78, 5) is 20.5. The molecule has 166 valence electrons. The molecule has 4 rings (SSSR count). The summed E-state index contributed by atoms with van der Waals surface area (Å²) in [5, 5.41) is 7.39. The van der Waals surface area contributed by atoms with E-state index in [4.69, 9.17) is 9.51 Å². The van der Waals surface area contributed by atoms with Crippen molar-refractivity contribution in [3.05, 3.63) is 71.2 Å². The van der Waals surface area contributed by atoms with Gasteiger partial charge in [-0.25, -0.2) is 4.79 Å². The monoisotopic (exact) mass is 448 g/mol. The zero-order valence-electron chi connectivity index (χ0n) is 18.9. The van der Waals surface area contributed by atoms with Crippen LogP contribution in [0.1, 0.15) is 50.3 Å². The summed E-state index contributed by atoms with van der Waals surface area (Å²) in [6.45, 7) is 6.76. The predicted octanol–water partition coefficient (Wildman–Crippen LogP) is 5.93. The van der Waals surface area contributed by atoms with Gasteiger partial charge in [-0.1, -0.05) is 43.3 Å². The lowest BCUT2D eigenvalue weighted by atomic mass is 9.93. The minimum Gasteiger partial charge on any atom is -0.334 e. The van der Waals surface area contributed by atoms with Crippen LogP contribution in [0, 0.1) is 0 Å². The third-order valence-corrected chi connectivity index (χ3v) is 6.51. The molecule has 32 heavy (non-hydrogen) atoms. The first-order valence-corrected chi connectivity index (χ1v) is 12.1. The molecule has 2 aromatic carbocycles. The quantitative estimate of drug-likeness (QED) is 0.454. The second-order valence-corrected chi connectivity index (χ2v) is 8.66. The van der Waals surface area contributed by atoms with Gasteiger partial charge in [-0.3, -0.25) is 4.90 Å². The Hall–Kier alpha value is -3.06. The van der Waals surface area contributed by atoms with Gasteiger partial charge in [0.25, 0.3) is 5.89 Å². The zero-order chi connectivity index (χ0) is 22.7. The first-order chi connectivity index (χ1) is 15.5.